The van der Waals surface area contributed by atoms with Crippen LogP contribution in [0, 0.1) is 11.3 Å². The molecule has 2 aromatic rings. The quantitative estimate of drug-likeness (QED) is 0.795. The highest BCUT2D eigenvalue weighted by atomic mass is 15.0. The lowest BCUT2D eigenvalue weighted by atomic mass is 10.2. The third-order valence-corrected chi connectivity index (χ3v) is 2.52. The molecule has 0 aliphatic rings. The predicted octanol–water partition coefficient (Wildman–Crippen LogP) is 2.26. The Morgan fingerprint density at radius 2 is 2.24 bits per heavy atom. The Morgan fingerprint density at radius 3 is 3.00 bits per heavy atom. The van der Waals surface area contributed by atoms with Crippen molar-refractivity contribution in [1.82, 2.24) is 9.55 Å². The molecular weight excluding hydrogens is 212 g/mol. The van der Waals surface area contributed by atoms with Gasteiger partial charge in [0.05, 0.1) is 17.6 Å². The fraction of sp³-hybridized carbons (Fsp3) is 0.231. The monoisotopic (exact) mass is 226 g/mol. The minimum absolute atomic E-state index is 0.690. The number of aromatic nitrogens is 2. The number of nitriles is 1. The standard InChI is InChI=1S/C13H14N4/c14-10-12-4-1-2-5-13(12)16-6-3-8-17-9-7-15-11-17/h1-2,4-5,7,9,11,16H,3,6,8H2. The van der Waals surface area contributed by atoms with Crippen molar-refractivity contribution >= 4 is 5.69 Å². The topological polar surface area (TPSA) is 53.6 Å². The minimum Gasteiger partial charge on any atom is -0.384 e. The number of benzene rings is 1. The SMILES string of the molecule is N#Cc1ccccc1NCCCn1ccnc1. The van der Waals surface area contributed by atoms with Gasteiger partial charge in [-0.2, -0.15) is 5.26 Å². The highest BCUT2D eigenvalue weighted by Crippen LogP contribution is 2.13. The van der Waals surface area contributed by atoms with Gasteiger partial charge in [-0.25, -0.2) is 4.98 Å². The fourth-order valence-electron chi connectivity index (χ4n) is 1.64. The van der Waals surface area contributed by atoms with Crippen LogP contribution in [-0.2, 0) is 6.54 Å². The van der Waals surface area contributed by atoms with Crippen LogP contribution in [0.4, 0.5) is 5.69 Å². The Morgan fingerprint density at radius 1 is 1.35 bits per heavy atom. The summed E-state index contributed by atoms with van der Waals surface area (Å²) in [5.74, 6) is 0. The molecule has 0 saturated heterocycles. The molecule has 0 fully saturated rings. The Bertz CT molecular complexity index is 496. The Balaban J connectivity index is 1.80. The van der Waals surface area contributed by atoms with Crippen molar-refractivity contribution in [1.29, 1.82) is 5.26 Å². The number of anilines is 1. The number of nitrogens with zero attached hydrogens (tertiary/aromatic N) is 3. The zero-order valence-corrected chi connectivity index (χ0v) is 9.50. The van der Waals surface area contributed by atoms with E-state index in [1.165, 1.54) is 0 Å². The van der Waals surface area contributed by atoms with Crippen LogP contribution in [-0.4, -0.2) is 16.1 Å². The van der Waals surface area contributed by atoms with E-state index in [4.69, 9.17) is 5.26 Å². The average Bonchev–Trinajstić information content (AvgIpc) is 2.88. The third kappa shape index (κ3) is 3.08. The molecule has 0 unspecified atom stereocenters. The van der Waals surface area contributed by atoms with Crippen molar-refractivity contribution in [2.24, 2.45) is 0 Å². The van der Waals surface area contributed by atoms with E-state index in [9.17, 15) is 0 Å². The predicted molar refractivity (Wildman–Crippen MR) is 66.5 cm³/mol. The van der Waals surface area contributed by atoms with Crippen molar-refractivity contribution in [2.45, 2.75) is 13.0 Å². The van der Waals surface area contributed by atoms with Crippen LogP contribution in [0.15, 0.2) is 43.0 Å². The second-order valence-electron chi connectivity index (χ2n) is 3.74. The number of hydrogen-bond donors (Lipinski definition) is 1. The number of imidazole rings is 1. The number of aryl methyl sites for hydroxylation is 1. The molecule has 0 atom stereocenters. The van der Waals surface area contributed by atoms with Crippen LogP contribution in [0.25, 0.3) is 0 Å². The fourth-order valence-corrected chi connectivity index (χ4v) is 1.64. The van der Waals surface area contributed by atoms with E-state index in [0.717, 1.165) is 25.2 Å². The van der Waals surface area contributed by atoms with Gasteiger partial charge in [0.25, 0.3) is 0 Å². The molecule has 0 amide bonds. The Hall–Kier alpha value is -2.28. The first-order chi connectivity index (χ1) is 8.40. The van der Waals surface area contributed by atoms with E-state index in [0.29, 0.717) is 5.56 Å². The van der Waals surface area contributed by atoms with E-state index in [-0.39, 0.29) is 0 Å². The molecule has 0 bridgehead atoms. The van der Waals surface area contributed by atoms with Crippen LogP contribution in [0.1, 0.15) is 12.0 Å². The van der Waals surface area contributed by atoms with Gasteiger partial charge >= 0.3 is 0 Å². The summed E-state index contributed by atoms with van der Waals surface area (Å²) in [4.78, 5) is 3.99. The summed E-state index contributed by atoms with van der Waals surface area (Å²) in [5.41, 5.74) is 1.59. The molecule has 1 N–H and O–H groups in total. The average molecular weight is 226 g/mol. The second-order valence-corrected chi connectivity index (χ2v) is 3.74. The summed E-state index contributed by atoms with van der Waals surface area (Å²) in [5, 5.41) is 12.2. The van der Waals surface area contributed by atoms with Gasteiger partial charge in [0.1, 0.15) is 6.07 Å². The second kappa shape index (κ2) is 5.71. The summed E-state index contributed by atoms with van der Waals surface area (Å²) in [6.07, 6.45) is 6.53. The van der Waals surface area contributed by atoms with Crippen molar-refractivity contribution in [3.63, 3.8) is 0 Å². The molecular formula is C13H14N4. The molecule has 0 spiro atoms. The summed E-state index contributed by atoms with van der Waals surface area (Å²) in [6.45, 7) is 1.78. The minimum atomic E-state index is 0.690. The van der Waals surface area contributed by atoms with Gasteiger partial charge in [0.2, 0.25) is 0 Å². The van der Waals surface area contributed by atoms with Crippen molar-refractivity contribution in [2.75, 3.05) is 11.9 Å². The largest absolute Gasteiger partial charge is 0.384 e. The molecule has 1 aromatic heterocycles. The molecule has 0 saturated carbocycles. The number of rotatable bonds is 5. The molecule has 1 heterocycles. The van der Waals surface area contributed by atoms with E-state index >= 15 is 0 Å². The first-order valence-electron chi connectivity index (χ1n) is 5.59. The Labute approximate surface area is 101 Å². The van der Waals surface area contributed by atoms with Gasteiger partial charge < -0.3 is 9.88 Å². The molecule has 4 nitrogen and oxygen atoms in total. The van der Waals surface area contributed by atoms with Crippen LogP contribution >= 0.6 is 0 Å². The summed E-state index contributed by atoms with van der Waals surface area (Å²) < 4.78 is 2.04. The van der Waals surface area contributed by atoms with Crippen LogP contribution < -0.4 is 5.32 Å². The smallest absolute Gasteiger partial charge is 0.101 e. The molecule has 4 heteroatoms. The third-order valence-electron chi connectivity index (χ3n) is 2.52. The lowest BCUT2D eigenvalue weighted by Crippen LogP contribution is -2.06. The van der Waals surface area contributed by atoms with Gasteiger partial charge in [0.15, 0.2) is 0 Å². The molecule has 0 aliphatic heterocycles. The summed E-state index contributed by atoms with van der Waals surface area (Å²) >= 11 is 0. The van der Waals surface area contributed by atoms with Crippen molar-refractivity contribution < 1.29 is 0 Å². The molecule has 86 valence electrons. The van der Waals surface area contributed by atoms with E-state index < -0.39 is 0 Å². The summed E-state index contributed by atoms with van der Waals surface area (Å²) in [6, 6.07) is 9.72. The highest BCUT2D eigenvalue weighted by molar-refractivity contribution is 5.56. The Kier molecular flexibility index (Phi) is 3.77. The van der Waals surface area contributed by atoms with E-state index in [2.05, 4.69) is 16.4 Å². The molecule has 1 aromatic carbocycles. The lowest BCUT2D eigenvalue weighted by Gasteiger charge is -2.07. The first-order valence-corrected chi connectivity index (χ1v) is 5.59. The normalized spacial score (nSPS) is 9.82. The van der Waals surface area contributed by atoms with Crippen molar-refractivity contribution in [3.8, 4) is 6.07 Å². The summed E-state index contributed by atoms with van der Waals surface area (Å²) in [7, 11) is 0. The highest BCUT2D eigenvalue weighted by Gasteiger charge is 1.98. The van der Waals surface area contributed by atoms with E-state index in [1.54, 1.807) is 6.20 Å². The van der Waals surface area contributed by atoms with Crippen LogP contribution in [0.5, 0.6) is 0 Å². The first kappa shape index (κ1) is 11.2. The van der Waals surface area contributed by atoms with Gasteiger partial charge in [-0.1, -0.05) is 12.1 Å². The zero-order valence-electron chi connectivity index (χ0n) is 9.50. The number of hydrogen-bond acceptors (Lipinski definition) is 3. The molecule has 17 heavy (non-hydrogen) atoms. The van der Waals surface area contributed by atoms with E-state index in [1.807, 2.05) is 41.4 Å². The molecule has 2 rings (SSSR count). The number of nitrogens with one attached hydrogen (secondary N) is 1. The van der Waals surface area contributed by atoms with Gasteiger partial charge in [0, 0.05) is 25.5 Å². The van der Waals surface area contributed by atoms with Gasteiger partial charge in [-0.15, -0.1) is 0 Å². The van der Waals surface area contributed by atoms with Gasteiger partial charge in [-0.05, 0) is 18.6 Å². The van der Waals surface area contributed by atoms with Crippen LogP contribution in [0.3, 0.4) is 0 Å². The molecule has 0 radical (unpaired) electrons. The molecule has 0 aliphatic carbocycles. The number of para-hydroxylation sites is 1. The zero-order chi connectivity index (χ0) is 11.9. The lowest BCUT2D eigenvalue weighted by molar-refractivity contribution is 0.661. The maximum Gasteiger partial charge on any atom is 0.101 e. The van der Waals surface area contributed by atoms with Gasteiger partial charge in [-0.3, -0.25) is 0 Å². The maximum absolute atomic E-state index is 8.92. The van der Waals surface area contributed by atoms with Crippen molar-refractivity contribution in [3.05, 3.63) is 48.5 Å². The van der Waals surface area contributed by atoms with Crippen LogP contribution in [0.2, 0.25) is 0 Å². The maximum atomic E-state index is 8.92.